The number of hydrogen-bond donors (Lipinski definition) is 2. The van der Waals surface area contributed by atoms with E-state index in [1.54, 1.807) is 24.3 Å². The van der Waals surface area contributed by atoms with Gasteiger partial charge in [0.15, 0.2) is 0 Å². The molecule has 0 fully saturated rings. The fourth-order valence-corrected chi connectivity index (χ4v) is 2.01. The maximum absolute atomic E-state index is 12.5. The van der Waals surface area contributed by atoms with Gasteiger partial charge in [0.25, 0.3) is 0 Å². The van der Waals surface area contributed by atoms with Crippen molar-refractivity contribution in [2.24, 2.45) is 0 Å². The Morgan fingerprint density at radius 3 is 2.14 bits per heavy atom. The quantitative estimate of drug-likeness (QED) is 0.883. The zero-order valence-electron chi connectivity index (χ0n) is 11.5. The van der Waals surface area contributed by atoms with E-state index in [9.17, 15) is 23.1 Å². The van der Waals surface area contributed by atoms with Crippen LogP contribution in [0.3, 0.4) is 0 Å². The van der Waals surface area contributed by atoms with E-state index in [1.165, 1.54) is 12.1 Å². The monoisotopic (exact) mass is 309 g/mol. The molecule has 0 radical (unpaired) electrons. The number of benzene rings is 2. The lowest BCUT2D eigenvalue weighted by Crippen LogP contribution is -2.31. The van der Waals surface area contributed by atoms with Crippen LogP contribution in [-0.2, 0) is 17.4 Å². The van der Waals surface area contributed by atoms with Crippen LogP contribution < -0.4 is 5.32 Å². The maximum atomic E-state index is 12.5. The molecule has 0 amide bonds. The van der Waals surface area contributed by atoms with Crippen molar-refractivity contribution in [1.29, 1.82) is 0 Å². The number of hydrogen-bond acceptors (Lipinski definition) is 2. The Kier molecular flexibility index (Phi) is 4.70. The molecule has 0 aliphatic carbocycles. The summed E-state index contributed by atoms with van der Waals surface area (Å²) in [6.45, 7) is 0. The number of anilines is 1. The molecule has 0 heterocycles. The topological polar surface area (TPSA) is 49.3 Å². The predicted molar refractivity (Wildman–Crippen MR) is 76.6 cm³/mol. The lowest BCUT2D eigenvalue weighted by Gasteiger charge is -2.16. The third-order valence-electron chi connectivity index (χ3n) is 3.13. The highest BCUT2D eigenvalue weighted by Crippen LogP contribution is 2.30. The van der Waals surface area contributed by atoms with E-state index in [0.29, 0.717) is 5.69 Å². The Labute approximate surface area is 125 Å². The van der Waals surface area contributed by atoms with Crippen molar-refractivity contribution in [3.05, 3.63) is 65.7 Å². The van der Waals surface area contributed by atoms with Crippen molar-refractivity contribution in [2.75, 3.05) is 5.32 Å². The van der Waals surface area contributed by atoms with E-state index in [1.807, 2.05) is 6.07 Å². The number of aliphatic carboxylic acids is 1. The number of carboxylic acid groups (broad SMARTS) is 1. The number of nitrogens with one attached hydrogen (secondary N) is 1. The third kappa shape index (κ3) is 4.25. The third-order valence-corrected chi connectivity index (χ3v) is 3.13. The van der Waals surface area contributed by atoms with Crippen molar-refractivity contribution in [1.82, 2.24) is 0 Å². The molecule has 0 bridgehead atoms. The number of alkyl halides is 3. The molecule has 6 heteroatoms. The average Bonchev–Trinajstić information content (AvgIpc) is 2.47. The minimum Gasteiger partial charge on any atom is -0.480 e. The fourth-order valence-electron chi connectivity index (χ4n) is 2.01. The summed E-state index contributed by atoms with van der Waals surface area (Å²) in [6.07, 6.45) is -4.17. The molecule has 2 aromatic rings. The van der Waals surface area contributed by atoms with Crippen LogP contribution in [0.25, 0.3) is 0 Å². The highest BCUT2D eigenvalue weighted by molar-refractivity contribution is 5.77. The minimum absolute atomic E-state index is 0.233. The molecule has 0 saturated heterocycles. The second kappa shape index (κ2) is 6.51. The molecule has 0 saturated carbocycles. The maximum Gasteiger partial charge on any atom is 0.416 e. The molecule has 0 aromatic heterocycles. The second-order valence-electron chi connectivity index (χ2n) is 4.80. The summed E-state index contributed by atoms with van der Waals surface area (Å²) in [4.78, 5) is 11.3. The molecular formula is C16H14F3NO2. The van der Waals surface area contributed by atoms with Gasteiger partial charge >= 0.3 is 12.1 Å². The van der Waals surface area contributed by atoms with E-state index < -0.39 is 23.8 Å². The summed E-state index contributed by atoms with van der Waals surface area (Å²) in [5.41, 5.74) is 0.388. The summed E-state index contributed by atoms with van der Waals surface area (Å²) in [6, 6.07) is 12.4. The van der Waals surface area contributed by atoms with Crippen LogP contribution in [0.4, 0.5) is 18.9 Å². The van der Waals surface area contributed by atoms with Gasteiger partial charge in [-0.15, -0.1) is 0 Å². The molecule has 2 N–H and O–H groups in total. The molecular weight excluding hydrogens is 295 g/mol. The highest BCUT2D eigenvalue weighted by Gasteiger charge is 2.30. The Morgan fingerprint density at radius 1 is 1.05 bits per heavy atom. The molecule has 116 valence electrons. The smallest absolute Gasteiger partial charge is 0.416 e. The van der Waals surface area contributed by atoms with Crippen LogP contribution in [0.5, 0.6) is 0 Å². The van der Waals surface area contributed by atoms with Crippen molar-refractivity contribution in [3.8, 4) is 0 Å². The number of carboxylic acids is 1. The van der Waals surface area contributed by atoms with E-state index in [0.717, 1.165) is 17.7 Å². The molecule has 3 nitrogen and oxygen atoms in total. The van der Waals surface area contributed by atoms with E-state index in [4.69, 9.17) is 0 Å². The van der Waals surface area contributed by atoms with Gasteiger partial charge in [0.1, 0.15) is 6.04 Å². The van der Waals surface area contributed by atoms with Crippen LogP contribution in [0.1, 0.15) is 11.1 Å². The average molecular weight is 309 g/mol. The Hall–Kier alpha value is -2.50. The summed E-state index contributed by atoms with van der Waals surface area (Å²) in [7, 11) is 0. The van der Waals surface area contributed by atoms with Crippen LogP contribution >= 0.6 is 0 Å². The largest absolute Gasteiger partial charge is 0.480 e. The van der Waals surface area contributed by atoms with Crippen LogP contribution in [-0.4, -0.2) is 17.1 Å². The Bertz CT molecular complexity index is 624. The van der Waals surface area contributed by atoms with Gasteiger partial charge < -0.3 is 10.4 Å². The van der Waals surface area contributed by atoms with E-state index in [2.05, 4.69) is 5.32 Å². The first kappa shape index (κ1) is 15.9. The molecule has 2 rings (SSSR count). The van der Waals surface area contributed by atoms with Crippen LogP contribution in [0.15, 0.2) is 54.6 Å². The molecule has 0 aliphatic heterocycles. The summed E-state index contributed by atoms with van der Waals surface area (Å²) in [5, 5.41) is 12.0. The Balaban J connectivity index is 2.10. The molecule has 1 atom stereocenters. The normalized spacial score (nSPS) is 12.7. The van der Waals surface area contributed by atoms with Gasteiger partial charge in [-0.2, -0.15) is 13.2 Å². The number of rotatable bonds is 5. The summed E-state index contributed by atoms with van der Waals surface area (Å²) >= 11 is 0. The van der Waals surface area contributed by atoms with Crippen molar-refractivity contribution in [2.45, 2.75) is 18.6 Å². The summed E-state index contributed by atoms with van der Waals surface area (Å²) < 4.78 is 37.4. The van der Waals surface area contributed by atoms with Crippen molar-refractivity contribution < 1.29 is 23.1 Å². The summed E-state index contributed by atoms with van der Waals surface area (Å²) in [5.74, 6) is -1.07. The molecule has 0 spiro atoms. The van der Waals surface area contributed by atoms with Crippen LogP contribution in [0, 0.1) is 0 Å². The number of halogens is 3. The lowest BCUT2D eigenvalue weighted by atomic mass is 10.1. The first-order valence-corrected chi connectivity index (χ1v) is 6.57. The van der Waals surface area contributed by atoms with Crippen molar-refractivity contribution >= 4 is 11.7 Å². The molecule has 2 aromatic carbocycles. The fraction of sp³-hybridized carbons (Fsp3) is 0.188. The van der Waals surface area contributed by atoms with Gasteiger partial charge in [-0.3, -0.25) is 0 Å². The molecule has 0 unspecified atom stereocenters. The zero-order chi connectivity index (χ0) is 16.2. The minimum atomic E-state index is -4.41. The van der Waals surface area contributed by atoms with Gasteiger partial charge in [0.2, 0.25) is 0 Å². The van der Waals surface area contributed by atoms with E-state index in [-0.39, 0.29) is 6.42 Å². The van der Waals surface area contributed by atoms with Gasteiger partial charge in [0.05, 0.1) is 5.56 Å². The SMILES string of the molecule is O=C(O)[C@H](Cc1ccccc1)Nc1ccc(C(F)(F)F)cc1. The zero-order valence-corrected chi connectivity index (χ0v) is 11.5. The van der Waals surface area contributed by atoms with E-state index >= 15 is 0 Å². The lowest BCUT2D eigenvalue weighted by molar-refractivity contribution is -0.138. The standard InChI is InChI=1S/C16H14F3NO2/c17-16(18,19)12-6-8-13(9-7-12)20-14(15(21)22)10-11-4-2-1-3-5-11/h1-9,14,20H,10H2,(H,21,22)/t14-/m0/s1. The first-order chi connectivity index (χ1) is 10.4. The van der Waals surface area contributed by atoms with Crippen LogP contribution in [0.2, 0.25) is 0 Å². The molecule has 0 aliphatic rings. The number of carbonyl (C=O) groups is 1. The highest BCUT2D eigenvalue weighted by atomic mass is 19.4. The Morgan fingerprint density at radius 2 is 1.64 bits per heavy atom. The predicted octanol–water partition coefficient (Wildman–Crippen LogP) is 3.81. The second-order valence-corrected chi connectivity index (χ2v) is 4.80. The van der Waals surface area contributed by atoms with Gasteiger partial charge in [-0.05, 0) is 29.8 Å². The van der Waals surface area contributed by atoms with Crippen molar-refractivity contribution in [3.63, 3.8) is 0 Å². The van der Waals surface area contributed by atoms with Gasteiger partial charge in [0, 0.05) is 12.1 Å². The molecule has 22 heavy (non-hydrogen) atoms. The first-order valence-electron chi connectivity index (χ1n) is 6.57. The van der Waals surface area contributed by atoms with Gasteiger partial charge in [-0.1, -0.05) is 30.3 Å². The van der Waals surface area contributed by atoms with Gasteiger partial charge in [-0.25, -0.2) is 4.79 Å².